The summed E-state index contributed by atoms with van der Waals surface area (Å²) in [5.41, 5.74) is 0.756. The van der Waals surface area contributed by atoms with Gasteiger partial charge in [0.25, 0.3) is 0 Å². The van der Waals surface area contributed by atoms with Crippen LogP contribution in [0.5, 0.6) is 0 Å². The van der Waals surface area contributed by atoms with Crippen LogP contribution in [0, 0.1) is 0 Å². The Bertz CT molecular complexity index is 558. The third-order valence-corrected chi connectivity index (χ3v) is 3.84. The van der Waals surface area contributed by atoms with Gasteiger partial charge in [0.2, 0.25) is 5.91 Å². The molecule has 0 spiro atoms. The summed E-state index contributed by atoms with van der Waals surface area (Å²) in [7, 11) is 0. The van der Waals surface area contributed by atoms with E-state index in [4.69, 9.17) is 4.74 Å². The molecule has 0 saturated heterocycles. The number of carbonyl (C=O) groups excluding carboxylic acids is 1. The maximum atomic E-state index is 12.1. The van der Waals surface area contributed by atoms with E-state index in [1.165, 1.54) is 0 Å². The van der Waals surface area contributed by atoms with Crippen molar-refractivity contribution >= 4 is 17.2 Å². The summed E-state index contributed by atoms with van der Waals surface area (Å²) in [5.74, 6) is -0.104. The Morgan fingerprint density at radius 3 is 2.48 bits per heavy atom. The topological polar surface area (TPSA) is 38.3 Å². The van der Waals surface area contributed by atoms with Crippen molar-refractivity contribution in [2.45, 2.75) is 32.4 Å². The first-order chi connectivity index (χ1) is 9.96. The summed E-state index contributed by atoms with van der Waals surface area (Å²) < 4.78 is 5.54. The van der Waals surface area contributed by atoms with E-state index in [2.05, 4.69) is 5.32 Å². The number of carbonyl (C=O) groups is 1. The van der Waals surface area contributed by atoms with Crippen molar-refractivity contribution in [1.29, 1.82) is 0 Å². The van der Waals surface area contributed by atoms with Crippen molar-refractivity contribution in [3.8, 4) is 0 Å². The molecule has 1 atom stereocenters. The molecule has 1 aromatic carbocycles. The van der Waals surface area contributed by atoms with Crippen molar-refractivity contribution in [1.82, 2.24) is 5.32 Å². The normalized spacial score (nSPS) is 12.9. The lowest BCUT2D eigenvalue weighted by Crippen LogP contribution is -2.34. The fourth-order valence-electron chi connectivity index (χ4n) is 1.90. The Morgan fingerprint density at radius 1 is 1.19 bits per heavy atom. The molecule has 0 aliphatic heterocycles. The second-order valence-corrected chi connectivity index (χ2v) is 6.81. The molecule has 0 aliphatic rings. The third-order valence-electron chi connectivity index (χ3n) is 2.90. The maximum Gasteiger partial charge on any atom is 0.246 e. The van der Waals surface area contributed by atoms with Crippen molar-refractivity contribution < 1.29 is 9.53 Å². The molecule has 21 heavy (non-hydrogen) atoms. The van der Waals surface area contributed by atoms with E-state index < -0.39 is 0 Å². The van der Waals surface area contributed by atoms with Crippen LogP contribution >= 0.6 is 11.3 Å². The number of rotatable bonds is 5. The molecule has 0 saturated carbocycles. The zero-order valence-corrected chi connectivity index (χ0v) is 13.4. The first-order valence-electron chi connectivity index (χ1n) is 6.97. The Kier molecular flexibility index (Phi) is 5.15. The van der Waals surface area contributed by atoms with Crippen LogP contribution in [0.3, 0.4) is 0 Å². The zero-order chi connectivity index (χ0) is 15.3. The lowest BCUT2D eigenvalue weighted by Gasteiger charge is -2.22. The van der Waals surface area contributed by atoms with E-state index in [9.17, 15) is 4.79 Å². The molecule has 1 aromatic heterocycles. The van der Waals surface area contributed by atoms with E-state index in [1.807, 2.05) is 68.6 Å². The van der Waals surface area contributed by atoms with E-state index >= 15 is 0 Å². The molecule has 112 valence electrons. The molecule has 0 aliphatic carbocycles. The minimum atomic E-state index is -0.317. The molecule has 0 fully saturated rings. The monoisotopic (exact) mass is 303 g/mol. The molecule has 1 N–H and O–H groups in total. The molecule has 1 heterocycles. The fraction of sp³-hybridized carbons (Fsp3) is 0.353. The molecular weight excluding hydrogens is 282 g/mol. The average molecular weight is 303 g/mol. The van der Waals surface area contributed by atoms with Crippen LogP contribution in [0.25, 0.3) is 0 Å². The second kappa shape index (κ2) is 6.87. The minimum absolute atomic E-state index is 0.0677. The van der Waals surface area contributed by atoms with Gasteiger partial charge in [-0.15, -0.1) is 11.3 Å². The predicted molar refractivity (Wildman–Crippen MR) is 86.5 cm³/mol. The van der Waals surface area contributed by atoms with Crippen molar-refractivity contribution in [2.24, 2.45) is 0 Å². The van der Waals surface area contributed by atoms with Gasteiger partial charge in [0.15, 0.2) is 0 Å². The summed E-state index contributed by atoms with van der Waals surface area (Å²) in [6.45, 7) is 5.88. The predicted octanol–water partition coefficient (Wildman–Crippen LogP) is 3.77. The van der Waals surface area contributed by atoms with Crippen LogP contribution in [0.2, 0.25) is 0 Å². The van der Waals surface area contributed by atoms with Crippen molar-refractivity contribution in [2.75, 3.05) is 6.61 Å². The molecule has 1 unspecified atom stereocenters. The number of hydrogen-bond acceptors (Lipinski definition) is 3. The Morgan fingerprint density at radius 2 is 1.90 bits per heavy atom. The molecule has 3 nitrogen and oxygen atoms in total. The van der Waals surface area contributed by atoms with Gasteiger partial charge in [-0.05, 0) is 37.8 Å². The smallest absolute Gasteiger partial charge is 0.246 e. The number of hydrogen-bond donors (Lipinski definition) is 1. The first-order valence-corrected chi connectivity index (χ1v) is 7.85. The molecule has 0 bridgehead atoms. The Balaban J connectivity index is 2.09. The molecule has 1 amide bonds. The number of nitrogens with one attached hydrogen (secondary N) is 1. The van der Waals surface area contributed by atoms with Gasteiger partial charge < -0.3 is 10.1 Å². The van der Waals surface area contributed by atoms with Crippen LogP contribution in [0.1, 0.15) is 37.3 Å². The summed E-state index contributed by atoms with van der Waals surface area (Å²) in [4.78, 5) is 13.3. The third kappa shape index (κ3) is 4.99. The van der Waals surface area contributed by atoms with E-state index in [0.29, 0.717) is 0 Å². The van der Waals surface area contributed by atoms with Gasteiger partial charge in [0, 0.05) is 4.88 Å². The lowest BCUT2D eigenvalue weighted by atomic mass is 10.1. The van der Waals surface area contributed by atoms with Crippen LogP contribution in [0.4, 0.5) is 0 Å². The largest absolute Gasteiger partial charge is 0.366 e. The Hall–Kier alpha value is -1.65. The van der Waals surface area contributed by atoms with Crippen molar-refractivity contribution in [3.05, 3.63) is 58.3 Å². The van der Waals surface area contributed by atoms with Crippen LogP contribution in [-0.2, 0) is 9.53 Å². The summed E-state index contributed by atoms with van der Waals surface area (Å²) in [6.07, 6.45) is 0. The molecule has 4 heteroatoms. The average Bonchev–Trinajstić information content (AvgIpc) is 2.96. The summed E-state index contributed by atoms with van der Waals surface area (Å²) in [6, 6.07) is 13.9. The highest BCUT2D eigenvalue weighted by molar-refractivity contribution is 7.10. The number of benzene rings is 1. The number of ether oxygens (including phenoxy) is 1. The fourth-order valence-corrected chi connectivity index (χ4v) is 2.71. The van der Waals surface area contributed by atoms with Crippen LogP contribution < -0.4 is 5.32 Å². The molecule has 2 rings (SSSR count). The minimum Gasteiger partial charge on any atom is -0.366 e. The van der Waals surface area contributed by atoms with Gasteiger partial charge in [-0.25, -0.2) is 0 Å². The van der Waals surface area contributed by atoms with Crippen molar-refractivity contribution in [3.63, 3.8) is 0 Å². The zero-order valence-electron chi connectivity index (χ0n) is 12.6. The van der Waals surface area contributed by atoms with Gasteiger partial charge in [-0.2, -0.15) is 0 Å². The molecular formula is C17H21NO2S. The van der Waals surface area contributed by atoms with Gasteiger partial charge in [0.05, 0.1) is 11.6 Å². The van der Waals surface area contributed by atoms with Gasteiger partial charge >= 0.3 is 0 Å². The first kappa shape index (κ1) is 15.7. The SMILES string of the molecule is CC(C)(C)OCC(=O)NC(c1ccccc1)c1cccs1. The number of thiophene rings is 1. The Labute approximate surface area is 130 Å². The summed E-state index contributed by atoms with van der Waals surface area (Å²) >= 11 is 1.64. The highest BCUT2D eigenvalue weighted by atomic mass is 32.1. The number of amides is 1. The second-order valence-electron chi connectivity index (χ2n) is 5.83. The quantitative estimate of drug-likeness (QED) is 0.913. The van der Waals surface area contributed by atoms with Crippen LogP contribution in [-0.4, -0.2) is 18.1 Å². The highest BCUT2D eigenvalue weighted by Gasteiger charge is 2.19. The van der Waals surface area contributed by atoms with Gasteiger partial charge in [-0.1, -0.05) is 36.4 Å². The maximum absolute atomic E-state index is 12.1. The summed E-state index contributed by atoms with van der Waals surface area (Å²) in [5, 5.41) is 5.07. The van der Waals surface area contributed by atoms with E-state index in [-0.39, 0.29) is 24.2 Å². The van der Waals surface area contributed by atoms with E-state index in [0.717, 1.165) is 10.4 Å². The lowest BCUT2D eigenvalue weighted by molar-refractivity contribution is -0.131. The van der Waals surface area contributed by atoms with Gasteiger partial charge in [0.1, 0.15) is 6.61 Å². The molecule has 0 radical (unpaired) electrons. The highest BCUT2D eigenvalue weighted by Crippen LogP contribution is 2.25. The van der Waals surface area contributed by atoms with E-state index in [1.54, 1.807) is 11.3 Å². The molecule has 2 aromatic rings. The van der Waals surface area contributed by atoms with Crippen LogP contribution in [0.15, 0.2) is 47.8 Å². The standard InChI is InChI=1S/C17H21NO2S/c1-17(2,3)20-12-15(19)18-16(14-10-7-11-21-14)13-8-5-4-6-9-13/h4-11,16H,12H2,1-3H3,(H,18,19). The van der Waals surface area contributed by atoms with Gasteiger partial charge in [-0.3, -0.25) is 4.79 Å².